The summed E-state index contributed by atoms with van der Waals surface area (Å²) in [6.45, 7) is 9.31. The molecule has 0 spiro atoms. The Kier molecular flexibility index (Phi) is 4.27. The molecule has 1 aliphatic carbocycles. The van der Waals surface area contributed by atoms with Gasteiger partial charge in [-0.15, -0.1) is 0 Å². The van der Waals surface area contributed by atoms with Crippen LogP contribution in [-0.2, 0) is 0 Å². The maximum absolute atomic E-state index is 5.52. The van der Waals surface area contributed by atoms with Gasteiger partial charge < -0.3 is 10.1 Å². The van der Waals surface area contributed by atoms with Crippen molar-refractivity contribution in [3.05, 3.63) is 11.9 Å². The Morgan fingerprint density at radius 3 is 2.89 bits per heavy atom. The smallest absolute Gasteiger partial charge is 0.221 e. The molecule has 1 aliphatic rings. The Bertz CT molecular complexity index is 431. The zero-order chi connectivity index (χ0) is 13.9. The van der Waals surface area contributed by atoms with Crippen molar-refractivity contribution in [3.8, 4) is 5.88 Å². The average Bonchev–Trinajstić information content (AvgIpc) is 2.33. The lowest BCUT2D eigenvalue weighted by molar-refractivity contribution is 0.229. The molecule has 1 aromatic heterocycles. The summed E-state index contributed by atoms with van der Waals surface area (Å²) >= 11 is 0. The molecule has 1 atom stereocenters. The van der Waals surface area contributed by atoms with Crippen LogP contribution in [0.2, 0.25) is 0 Å². The van der Waals surface area contributed by atoms with Crippen LogP contribution in [0.1, 0.15) is 52.0 Å². The van der Waals surface area contributed by atoms with Gasteiger partial charge in [-0.2, -0.15) is 0 Å². The van der Waals surface area contributed by atoms with Crippen molar-refractivity contribution in [1.82, 2.24) is 9.97 Å². The molecule has 106 valence electrons. The minimum atomic E-state index is 0.430. The Morgan fingerprint density at radius 1 is 1.42 bits per heavy atom. The monoisotopic (exact) mass is 263 g/mol. The van der Waals surface area contributed by atoms with E-state index in [0.29, 0.717) is 23.9 Å². The first kappa shape index (κ1) is 14.1. The quantitative estimate of drug-likeness (QED) is 0.902. The first-order valence-electron chi connectivity index (χ1n) is 7.23. The van der Waals surface area contributed by atoms with Gasteiger partial charge in [-0.25, -0.2) is 9.97 Å². The standard InChI is InChI=1S/C15H25N3O/c1-5-19-14-11(2)13(16-10-17-14)18-12-7-6-8-15(3,4)9-12/h10,12H,5-9H2,1-4H3,(H,16,17,18). The molecule has 4 nitrogen and oxygen atoms in total. The predicted octanol–water partition coefficient (Wildman–Crippen LogP) is 3.56. The molecule has 1 fully saturated rings. The fourth-order valence-electron chi connectivity index (χ4n) is 2.88. The van der Waals surface area contributed by atoms with E-state index in [2.05, 4.69) is 29.1 Å². The van der Waals surface area contributed by atoms with E-state index in [1.165, 1.54) is 25.7 Å². The molecule has 0 aliphatic heterocycles. The van der Waals surface area contributed by atoms with Crippen LogP contribution in [0, 0.1) is 12.3 Å². The van der Waals surface area contributed by atoms with Gasteiger partial charge in [-0.1, -0.05) is 20.3 Å². The number of nitrogens with one attached hydrogen (secondary N) is 1. The molecule has 1 heterocycles. The van der Waals surface area contributed by atoms with Crippen molar-refractivity contribution in [2.75, 3.05) is 11.9 Å². The topological polar surface area (TPSA) is 47.0 Å². The molecule has 0 radical (unpaired) electrons. The molecule has 19 heavy (non-hydrogen) atoms. The van der Waals surface area contributed by atoms with E-state index in [1.807, 2.05) is 13.8 Å². The molecule has 4 heteroatoms. The molecule has 0 saturated heterocycles. The second-order valence-electron chi connectivity index (χ2n) is 6.19. The number of hydrogen-bond acceptors (Lipinski definition) is 4. The number of anilines is 1. The average molecular weight is 263 g/mol. The molecule has 0 bridgehead atoms. The highest BCUT2D eigenvalue weighted by Crippen LogP contribution is 2.36. The third kappa shape index (κ3) is 3.58. The minimum absolute atomic E-state index is 0.430. The molecule has 1 unspecified atom stereocenters. The maximum atomic E-state index is 5.52. The van der Waals surface area contributed by atoms with Crippen LogP contribution >= 0.6 is 0 Å². The van der Waals surface area contributed by atoms with Gasteiger partial charge in [0.1, 0.15) is 12.1 Å². The van der Waals surface area contributed by atoms with Gasteiger partial charge >= 0.3 is 0 Å². The van der Waals surface area contributed by atoms with E-state index in [9.17, 15) is 0 Å². The second kappa shape index (κ2) is 5.76. The third-order valence-electron chi connectivity index (χ3n) is 3.86. The van der Waals surface area contributed by atoms with Crippen LogP contribution in [0.3, 0.4) is 0 Å². The molecule has 2 rings (SSSR count). The van der Waals surface area contributed by atoms with E-state index < -0.39 is 0 Å². The number of ether oxygens (including phenoxy) is 1. The van der Waals surface area contributed by atoms with Crippen LogP contribution in [0.15, 0.2) is 6.33 Å². The Hall–Kier alpha value is -1.32. The number of hydrogen-bond donors (Lipinski definition) is 1. The summed E-state index contributed by atoms with van der Waals surface area (Å²) in [6.07, 6.45) is 6.59. The van der Waals surface area contributed by atoms with Crippen molar-refractivity contribution < 1.29 is 4.74 Å². The SMILES string of the molecule is CCOc1ncnc(NC2CCCC(C)(C)C2)c1C. The predicted molar refractivity (Wildman–Crippen MR) is 77.6 cm³/mol. The zero-order valence-electron chi connectivity index (χ0n) is 12.5. The molecule has 1 N–H and O–H groups in total. The number of rotatable bonds is 4. The molecule has 1 aromatic rings. The van der Waals surface area contributed by atoms with Crippen molar-refractivity contribution in [1.29, 1.82) is 0 Å². The van der Waals surface area contributed by atoms with Crippen molar-refractivity contribution in [2.24, 2.45) is 5.41 Å². The second-order valence-corrected chi connectivity index (χ2v) is 6.19. The Labute approximate surface area is 116 Å². The van der Waals surface area contributed by atoms with Crippen molar-refractivity contribution >= 4 is 5.82 Å². The third-order valence-corrected chi connectivity index (χ3v) is 3.86. The van der Waals surface area contributed by atoms with Crippen LogP contribution in [0.5, 0.6) is 5.88 Å². The molecular weight excluding hydrogens is 238 g/mol. The highest BCUT2D eigenvalue weighted by Gasteiger charge is 2.28. The van der Waals surface area contributed by atoms with Crippen LogP contribution in [0.4, 0.5) is 5.82 Å². The molecule has 0 amide bonds. The van der Waals surface area contributed by atoms with Gasteiger partial charge in [0.15, 0.2) is 0 Å². The molecule has 1 saturated carbocycles. The van der Waals surface area contributed by atoms with Gasteiger partial charge in [0, 0.05) is 6.04 Å². The summed E-state index contributed by atoms with van der Waals surface area (Å²) in [5.41, 5.74) is 1.44. The van der Waals surface area contributed by atoms with Gasteiger partial charge in [-0.05, 0) is 38.5 Å². The van der Waals surface area contributed by atoms with E-state index in [4.69, 9.17) is 4.74 Å². The Morgan fingerprint density at radius 2 is 2.21 bits per heavy atom. The van der Waals surface area contributed by atoms with Crippen molar-refractivity contribution in [2.45, 2.75) is 59.4 Å². The minimum Gasteiger partial charge on any atom is -0.478 e. The summed E-state index contributed by atoms with van der Waals surface area (Å²) in [5.74, 6) is 1.61. The maximum Gasteiger partial charge on any atom is 0.221 e. The summed E-state index contributed by atoms with van der Waals surface area (Å²) in [6, 6.07) is 0.506. The lowest BCUT2D eigenvalue weighted by Gasteiger charge is -2.36. The van der Waals surface area contributed by atoms with Gasteiger partial charge in [0.25, 0.3) is 0 Å². The zero-order valence-corrected chi connectivity index (χ0v) is 12.5. The van der Waals surface area contributed by atoms with Gasteiger partial charge in [-0.3, -0.25) is 0 Å². The largest absolute Gasteiger partial charge is 0.478 e. The number of nitrogens with zero attached hydrogens (tertiary/aromatic N) is 2. The van der Waals surface area contributed by atoms with Crippen LogP contribution in [0.25, 0.3) is 0 Å². The number of aromatic nitrogens is 2. The summed E-state index contributed by atoms with van der Waals surface area (Å²) in [5, 5.41) is 3.57. The Balaban J connectivity index is 2.08. The van der Waals surface area contributed by atoms with E-state index in [-0.39, 0.29) is 0 Å². The highest BCUT2D eigenvalue weighted by atomic mass is 16.5. The fraction of sp³-hybridized carbons (Fsp3) is 0.733. The molecule has 0 aromatic carbocycles. The van der Waals surface area contributed by atoms with Crippen LogP contribution < -0.4 is 10.1 Å². The first-order valence-corrected chi connectivity index (χ1v) is 7.23. The first-order chi connectivity index (χ1) is 9.02. The summed E-state index contributed by atoms with van der Waals surface area (Å²) in [4.78, 5) is 8.54. The lowest BCUT2D eigenvalue weighted by atomic mass is 9.75. The highest BCUT2D eigenvalue weighted by molar-refractivity contribution is 5.48. The van der Waals surface area contributed by atoms with Crippen molar-refractivity contribution in [3.63, 3.8) is 0 Å². The van der Waals surface area contributed by atoms with E-state index in [0.717, 1.165) is 11.4 Å². The van der Waals surface area contributed by atoms with E-state index >= 15 is 0 Å². The van der Waals surface area contributed by atoms with Gasteiger partial charge in [0.2, 0.25) is 5.88 Å². The van der Waals surface area contributed by atoms with E-state index in [1.54, 1.807) is 6.33 Å². The summed E-state index contributed by atoms with van der Waals surface area (Å²) in [7, 11) is 0. The van der Waals surface area contributed by atoms with Gasteiger partial charge in [0.05, 0.1) is 12.2 Å². The normalized spacial score (nSPS) is 22.0. The summed E-state index contributed by atoms with van der Waals surface area (Å²) < 4.78 is 5.52. The lowest BCUT2D eigenvalue weighted by Crippen LogP contribution is -2.32. The molecular formula is C15H25N3O. The van der Waals surface area contributed by atoms with Crippen LogP contribution in [-0.4, -0.2) is 22.6 Å². The fourth-order valence-corrected chi connectivity index (χ4v) is 2.88.